The lowest BCUT2D eigenvalue weighted by Gasteiger charge is -2.43. The monoisotopic (exact) mass is 284 g/mol. The highest BCUT2D eigenvalue weighted by atomic mass is 16.4. The van der Waals surface area contributed by atoms with Crippen LogP contribution in [0.25, 0.3) is 0 Å². The molecule has 1 rings (SSSR count). The molecule has 118 valence electrons. The Balaban J connectivity index is 2.26. The Bertz CT molecular complexity index is 296. The molecule has 0 unspecified atom stereocenters. The number of rotatable bonds is 8. The number of amidine groups is 1. The van der Waals surface area contributed by atoms with Gasteiger partial charge in [0, 0.05) is 26.2 Å². The first-order valence-corrected chi connectivity index (χ1v) is 7.97. The van der Waals surface area contributed by atoms with Gasteiger partial charge in [0.05, 0.1) is 5.54 Å². The van der Waals surface area contributed by atoms with Crippen LogP contribution in [0.2, 0.25) is 0 Å². The maximum Gasteiger partial charge on any atom is 0.159 e. The third-order valence-electron chi connectivity index (χ3n) is 4.48. The van der Waals surface area contributed by atoms with Gasteiger partial charge in [-0.2, -0.15) is 0 Å². The molecule has 0 radical (unpaired) electrons. The predicted octanol–water partition coefficient (Wildman–Crippen LogP) is 2.10. The van der Waals surface area contributed by atoms with E-state index in [-0.39, 0.29) is 5.54 Å². The summed E-state index contributed by atoms with van der Waals surface area (Å²) in [7, 11) is 0. The van der Waals surface area contributed by atoms with Crippen molar-refractivity contribution in [1.82, 2.24) is 9.80 Å². The van der Waals surface area contributed by atoms with E-state index in [0.29, 0.717) is 5.84 Å². The molecule has 1 aliphatic rings. The highest BCUT2D eigenvalue weighted by Gasteiger charge is 2.33. The van der Waals surface area contributed by atoms with Crippen LogP contribution in [0.1, 0.15) is 52.9 Å². The van der Waals surface area contributed by atoms with E-state index in [1.54, 1.807) is 0 Å². The van der Waals surface area contributed by atoms with E-state index in [2.05, 4.69) is 21.9 Å². The van der Waals surface area contributed by atoms with Crippen molar-refractivity contribution in [2.24, 2.45) is 10.9 Å². The third kappa shape index (κ3) is 4.94. The molecule has 5 heteroatoms. The number of piperazine rings is 1. The third-order valence-corrected chi connectivity index (χ3v) is 4.48. The fraction of sp³-hybridized carbons (Fsp3) is 0.933. The summed E-state index contributed by atoms with van der Waals surface area (Å²) < 4.78 is 0. The lowest BCUT2D eigenvalue weighted by atomic mass is 10.00. The number of oxime groups is 1. The second-order valence-corrected chi connectivity index (χ2v) is 6.29. The van der Waals surface area contributed by atoms with Crippen molar-refractivity contribution in [1.29, 1.82) is 0 Å². The highest BCUT2D eigenvalue weighted by Crippen LogP contribution is 2.17. The molecule has 1 saturated heterocycles. The number of nitrogens with zero attached hydrogens (tertiary/aromatic N) is 3. The molecular weight excluding hydrogens is 252 g/mol. The Morgan fingerprint density at radius 2 is 1.70 bits per heavy atom. The van der Waals surface area contributed by atoms with E-state index < -0.39 is 0 Å². The second-order valence-electron chi connectivity index (χ2n) is 6.29. The minimum Gasteiger partial charge on any atom is -0.409 e. The van der Waals surface area contributed by atoms with E-state index in [1.807, 2.05) is 13.8 Å². The Morgan fingerprint density at radius 1 is 1.10 bits per heavy atom. The van der Waals surface area contributed by atoms with Crippen molar-refractivity contribution >= 4 is 5.84 Å². The van der Waals surface area contributed by atoms with Crippen LogP contribution in [-0.2, 0) is 0 Å². The Labute approximate surface area is 123 Å². The number of nitrogens with two attached hydrogens (primary N) is 1. The molecule has 0 bridgehead atoms. The van der Waals surface area contributed by atoms with E-state index in [4.69, 9.17) is 10.9 Å². The normalized spacial score (nSPS) is 19.4. The topological polar surface area (TPSA) is 65.1 Å². The fourth-order valence-electron chi connectivity index (χ4n) is 2.75. The minimum atomic E-state index is -0.359. The molecule has 0 aromatic carbocycles. The molecule has 0 aliphatic carbocycles. The van der Waals surface area contributed by atoms with Crippen molar-refractivity contribution in [3.05, 3.63) is 0 Å². The first-order valence-electron chi connectivity index (χ1n) is 7.97. The van der Waals surface area contributed by atoms with Gasteiger partial charge in [-0.05, 0) is 26.8 Å². The fourth-order valence-corrected chi connectivity index (χ4v) is 2.75. The quantitative estimate of drug-likeness (QED) is 0.235. The Kier molecular flexibility index (Phi) is 7.30. The van der Waals surface area contributed by atoms with Crippen molar-refractivity contribution < 1.29 is 5.21 Å². The summed E-state index contributed by atoms with van der Waals surface area (Å²) in [5.41, 5.74) is 5.43. The minimum absolute atomic E-state index is 0.297. The van der Waals surface area contributed by atoms with Gasteiger partial charge in [0.1, 0.15) is 0 Å². The molecule has 1 aliphatic heterocycles. The van der Waals surface area contributed by atoms with Gasteiger partial charge in [-0.1, -0.05) is 37.8 Å². The summed E-state index contributed by atoms with van der Waals surface area (Å²) in [6.07, 6.45) is 6.70. The molecule has 1 heterocycles. The average Bonchev–Trinajstić information content (AvgIpc) is 2.46. The van der Waals surface area contributed by atoms with E-state index in [1.165, 1.54) is 38.6 Å². The molecule has 3 N–H and O–H groups in total. The largest absolute Gasteiger partial charge is 0.409 e. The van der Waals surface area contributed by atoms with Gasteiger partial charge in [0.15, 0.2) is 5.84 Å². The maximum absolute atomic E-state index is 8.87. The van der Waals surface area contributed by atoms with Gasteiger partial charge >= 0.3 is 0 Å². The number of hydrogen-bond acceptors (Lipinski definition) is 4. The van der Waals surface area contributed by atoms with Crippen molar-refractivity contribution in [3.63, 3.8) is 0 Å². The molecule has 0 spiro atoms. The maximum atomic E-state index is 8.87. The van der Waals surface area contributed by atoms with Crippen LogP contribution >= 0.6 is 0 Å². The first kappa shape index (κ1) is 17.2. The Hall–Kier alpha value is -0.810. The van der Waals surface area contributed by atoms with Crippen molar-refractivity contribution in [2.45, 2.75) is 58.4 Å². The van der Waals surface area contributed by atoms with E-state index in [9.17, 15) is 0 Å². The van der Waals surface area contributed by atoms with Crippen molar-refractivity contribution in [2.75, 3.05) is 32.7 Å². The van der Waals surface area contributed by atoms with Crippen LogP contribution in [0.3, 0.4) is 0 Å². The molecule has 0 atom stereocenters. The lowest BCUT2D eigenvalue weighted by Crippen LogP contribution is -2.59. The van der Waals surface area contributed by atoms with E-state index in [0.717, 1.165) is 26.2 Å². The molecule has 0 amide bonds. The van der Waals surface area contributed by atoms with Crippen LogP contribution in [0.5, 0.6) is 0 Å². The second kappa shape index (κ2) is 8.47. The SMILES string of the molecule is CCCCCCCN1CCN(C(C)(C)C(N)=NO)CC1. The lowest BCUT2D eigenvalue weighted by molar-refractivity contribution is 0.0822. The zero-order valence-electron chi connectivity index (χ0n) is 13.4. The summed E-state index contributed by atoms with van der Waals surface area (Å²) in [6.45, 7) is 11.6. The van der Waals surface area contributed by atoms with Gasteiger partial charge < -0.3 is 15.8 Å². The number of hydrogen-bond donors (Lipinski definition) is 2. The first-order chi connectivity index (χ1) is 9.52. The average molecular weight is 284 g/mol. The molecule has 0 saturated carbocycles. The molecule has 20 heavy (non-hydrogen) atoms. The molecule has 0 aromatic rings. The zero-order valence-corrected chi connectivity index (χ0v) is 13.4. The number of unbranched alkanes of at least 4 members (excludes halogenated alkanes) is 4. The van der Waals surface area contributed by atoms with Crippen LogP contribution < -0.4 is 5.73 Å². The predicted molar refractivity (Wildman–Crippen MR) is 84.3 cm³/mol. The van der Waals surface area contributed by atoms with Crippen LogP contribution in [0, 0.1) is 0 Å². The zero-order chi connectivity index (χ0) is 15.0. The Morgan fingerprint density at radius 3 is 2.25 bits per heavy atom. The molecular formula is C15H32N4O. The van der Waals surface area contributed by atoms with Crippen LogP contribution in [0.15, 0.2) is 5.16 Å². The van der Waals surface area contributed by atoms with E-state index >= 15 is 0 Å². The van der Waals surface area contributed by atoms with Gasteiger partial charge in [-0.15, -0.1) is 0 Å². The standard InChI is InChI=1S/C15H32N4O/c1-4-5-6-7-8-9-18-10-12-19(13-11-18)15(2,3)14(16)17-20/h20H,4-13H2,1-3H3,(H2,16,17). The smallest absolute Gasteiger partial charge is 0.159 e. The molecule has 0 aromatic heterocycles. The van der Waals surface area contributed by atoms with Gasteiger partial charge in [-0.3, -0.25) is 4.90 Å². The summed E-state index contributed by atoms with van der Waals surface area (Å²) in [5.74, 6) is 0.297. The van der Waals surface area contributed by atoms with Gasteiger partial charge in [0.25, 0.3) is 0 Å². The summed E-state index contributed by atoms with van der Waals surface area (Å²) in [6, 6.07) is 0. The summed E-state index contributed by atoms with van der Waals surface area (Å²) in [4.78, 5) is 4.83. The highest BCUT2D eigenvalue weighted by molar-refractivity contribution is 5.88. The summed E-state index contributed by atoms with van der Waals surface area (Å²) in [5, 5.41) is 12.0. The molecule has 5 nitrogen and oxygen atoms in total. The van der Waals surface area contributed by atoms with Crippen LogP contribution in [0.4, 0.5) is 0 Å². The van der Waals surface area contributed by atoms with Gasteiger partial charge in [-0.25, -0.2) is 0 Å². The summed E-state index contributed by atoms with van der Waals surface area (Å²) >= 11 is 0. The van der Waals surface area contributed by atoms with Crippen molar-refractivity contribution in [3.8, 4) is 0 Å². The van der Waals surface area contributed by atoms with Gasteiger partial charge in [0.2, 0.25) is 0 Å². The molecule has 1 fully saturated rings. The van der Waals surface area contributed by atoms with Crippen LogP contribution in [-0.4, -0.2) is 59.1 Å².